The summed E-state index contributed by atoms with van der Waals surface area (Å²) in [7, 11) is 0. The number of aromatic nitrogens is 1. The van der Waals surface area contributed by atoms with Gasteiger partial charge in [-0.2, -0.15) is 0 Å². The first-order chi connectivity index (χ1) is 12.3. The second kappa shape index (κ2) is 9.18. The van der Waals surface area contributed by atoms with Crippen molar-refractivity contribution >= 4 is 23.5 Å². The Balaban J connectivity index is 1.99. The van der Waals surface area contributed by atoms with E-state index < -0.39 is 11.7 Å². The zero-order chi connectivity index (χ0) is 19.2. The summed E-state index contributed by atoms with van der Waals surface area (Å²) < 4.78 is 16.4. The maximum Gasteiger partial charge on any atom is 0.409 e. The first kappa shape index (κ1) is 20.4. The molecule has 2 unspecified atom stereocenters. The van der Waals surface area contributed by atoms with E-state index in [4.69, 9.17) is 14.2 Å². The summed E-state index contributed by atoms with van der Waals surface area (Å²) in [5, 5.41) is 5.58. The molecule has 1 fully saturated rings. The number of hydrogen-bond donors (Lipinski definition) is 1. The summed E-state index contributed by atoms with van der Waals surface area (Å²) in [6, 6.07) is -0.254. The van der Waals surface area contributed by atoms with Gasteiger partial charge in [0.2, 0.25) is 0 Å². The molecule has 8 nitrogen and oxygen atoms in total. The van der Waals surface area contributed by atoms with Crippen LogP contribution in [0.25, 0.3) is 0 Å². The third-order valence-corrected chi connectivity index (χ3v) is 4.44. The Labute approximate surface area is 157 Å². The SMILES string of the molecule is CCOC(=O)N1CCC(NC(=O)OC(C)(C)C)C(OCc2nccs2)C1. The lowest BCUT2D eigenvalue weighted by molar-refractivity contribution is -0.0323. The number of nitrogens with one attached hydrogen (secondary N) is 1. The fourth-order valence-corrected chi connectivity index (χ4v) is 3.13. The lowest BCUT2D eigenvalue weighted by Crippen LogP contribution is -2.56. The topological polar surface area (TPSA) is 90.0 Å². The molecule has 1 aromatic heterocycles. The predicted octanol–water partition coefficient (Wildman–Crippen LogP) is 2.78. The predicted molar refractivity (Wildman–Crippen MR) is 97.1 cm³/mol. The van der Waals surface area contributed by atoms with E-state index in [1.54, 1.807) is 18.0 Å². The molecule has 0 saturated carbocycles. The van der Waals surface area contributed by atoms with Gasteiger partial charge in [0.1, 0.15) is 10.6 Å². The molecule has 1 aliphatic rings. The van der Waals surface area contributed by atoms with Crippen molar-refractivity contribution in [3.05, 3.63) is 16.6 Å². The Morgan fingerprint density at radius 1 is 1.42 bits per heavy atom. The van der Waals surface area contributed by atoms with Crippen molar-refractivity contribution in [2.24, 2.45) is 0 Å². The first-order valence-electron chi connectivity index (χ1n) is 8.69. The number of hydrogen-bond acceptors (Lipinski definition) is 7. The molecule has 2 amide bonds. The van der Waals surface area contributed by atoms with Crippen LogP contribution in [0.15, 0.2) is 11.6 Å². The number of piperidine rings is 1. The third kappa shape index (κ3) is 6.45. The minimum Gasteiger partial charge on any atom is -0.450 e. The zero-order valence-corrected chi connectivity index (χ0v) is 16.5. The third-order valence-electron chi connectivity index (χ3n) is 3.69. The Morgan fingerprint density at radius 3 is 2.81 bits per heavy atom. The van der Waals surface area contributed by atoms with Crippen LogP contribution in [0.1, 0.15) is 39.1 Å². The summed E-state index contributed by atoms with van der Waals surface area (Å²) >= 11 is 1.50. The van der Waals surface area contributed by atoms with Crippen LogP contribution in [0.2, 0.25) is 0 Å². The number of carbonyl (C=O) groups is 2. The maximum atomic E-state index is 12.1. The van der Waals surface area contributed by atoms with Crippen molar-refractivity contribution in [1.82, 2.24) is 15.2 Å². The number of alkyl carbamates (subject to hydrolysis) is 1. The normalized spacial score (nSPS) is 20.5. The molecule has 0 aromatic carbocycles. The minimum atomic E-state index is -0.576. The highest BCUT2D eigenvalue weighted by atomic mass is 32.1. The van der Waals surface area contributed by atoms with E-state index in [2.05, 4.69) is 10.3 Å². The van der Waals surface area contributed by atoms with Crippen LogP contribution in [-0.2, 0) is 20.8 Å². The zero-order valence-electron chi connectivity index (χ0n) is 15.7. The van der Waals surface area contributed by atoms with Crippen LogP contribution >= 0.6 is 11.3 Å². The van der Waals surface area contributed by atoms with Crippen LogP contribution in [-0.4, -0.2) is 59.5 Å². The van der Waals surface area contributed by atoms with Gasteiger partial charge in [-0.05, 0) is 34.1 Å². The number of nitrogens with zero attached hydrogens (tertiary/aromatic N) is 2. The van der Waals surface area contributed by atoms with Crippen LogP contribution in [0.5, 0.6) is 0 Å². The van der Waals surface area contributed by atoms with E-state index >= 15 is 0 Å². The van der Waals surface area contributed by atoms with Gasteiger partial charge in [-0.25, -0.2) is 14.6 Å². The monoisotopic (exact) mass is 385 g/mol. The Hall–Kier alpha value is -1.87. The van der Waals surface area contributed by atoms with E-state index in [0.717, 1.165) is 5.01 Å². The van der Waals surface area contributed by atoms with Gasteiger partial charge in [-0.3, -0.25) is 0 Å². The van der Waals surface area contributed by atoms with Gasteiger partial charge in [0.15, 0.2) is 0 Å². The average molecular weight is 385 g/mol. The van der Waals surface area contributed by atoms with Gasteiger partial charge in [-0.1, -0.05) is 0 Å². The van der Waals surface area contributed by atoms with Gasteiger partial charge in [0.05, 0.1) is 31.9 Å². The van der Waals surface area contributed by atoms with E-state index in [-0.39, 0.29) is 18.2 Å². The van der Waals surface area contributed by atoms with Crippen molar-refractivity contribution in [2.75, 3.05) is 19.7 Å². The lowest BCUT2D eigenvalue weighted by Gasteiger charge is -2.38. The van der Waals surface area contributed by atoms with Crippen LogP contribution in [0.4, 0.5) is 9.59 Å². The molecule has 1 N–H and O–H groups in total. The highest BCUT2D eigenvalue weighted by Gasteiger charge is 2.34. The van der Waals surface area contributed by atoms with Crippen molar-refractivity contribution in [1.29, 1.82) is 0 Å². The molecule has 0 bridgehead atoms. The highest BCUT2D eigenvalue weighted by molar-refractivity contribution is 7.09. The van der Waals surface area contributed by atoms with Crippen molar-refractivity contribution in [2.45, 2.75) is 58.5 Å². The fraction of sp³-hybridized carbons (Fsp3) is 0.706. The molecule has 2 heterocycles. The molecule has 0 spiro atoms. The van der Waals surface area contributed by atoms with Crippen LogP contribution < -0.4 is 5.32 Å². The summed E-state index contributed by atoms with van der Waals surface area (Å²) in [6.45, 7) is 8.67. The number of amides is 2. The molecule has 1 aromatic rings. The Morgan fingerprint density at radius 2 is 2.19 bits per heavy atom. The molecular formula is C17H27N3O5S. The van der Waals surface area contributed by atoms with Crippen molar-refractivity contribution in [3.8, 4) is 0 Å². The number of ether oxygens (including phenoxy) is 3. The second-order valence-electron chi connectivity index (χ2n) is 6.96. The average Bonchev–Trinajstić information content (AvgIpc) is 3.05. The van der Waals surface area contributed by atoms with Gasteiger partial charge in [-0.15, -0.1) is 11.3 Å². The molecular weight excluding hydrogens is 358 g/mol. The van der Waals surface area contributed by atoms with Crippen LogP contribution in [0, 0.1) is 0 Å². The summed E-state index contributed by atoms with van der Waals surface area (Å²) in [6.07, 6.45) is 1.04. The number of carbonyl (C=O) groups excluding carboxylic acids is 2. The molecule has 1 aliphatic heterocycles. The smallest absolute Gasteiger partial charge is 0.409 e. The van der Waals surface area contributed by atoms with Gasteiger partial charge < -0.3 is 24.4 Å². The number of rotatable bonds is 5. The van der Waals surface area contributed by atoms with Gasteiger partial charge >= 0.3 is 12.2 Å². The summed E-state index contributed by atoms with van der Waals surface area (Å²) in [5.41, 5.74) is -0.576. The summed E-state index contributed by atoms with van der Waals surface area (Å²) in [4.78, 5) is 29.9. The Bertz CT molecular complexity index is 588. The quantitative estimate of drug-likeness (QED) is 0.838. The Kier molecular flexibility index (Phi) is 7.22. The largest absolute Gasteiger partial charge is 0.450 e. The molecule has 2 atom stereocenters. The maximum absolute atomic E-state index is 12.1. The van der Waals surface area contributed by atoms with Crippen LogP contribution in [0.3, 0.4) is 0 Å². The second-order valence-corrected chi connectivity index (χ2v) is 7.94. The van der Waals surface area contributed by atoms with Gasteiger partial charge in [0, 0.05) is 18.1 Å². The van der Waals surface area contributed by atoms with Gasteiger partial charge in [0.25, 0.3) is 0 Å². The van der Waals surface area contributed by atoms with E-state index in [9.17, 15) is 9.59 Å². The lowest BCUT2D eigenvalue weighted by atomic mass is 10.0. The van der Waals surface area contributed by atoms with E-state index in [1.165, 1.54) is 11.3 Å². The number of thiazole rings is 1. The van der Waals surface area contributed by atoms with Crippen molar-refractivity contribution in [3.63, 3.8) is 0 Å². The van der Waals surface area contributed by atoms with E-state index in [1.807, 2.05) is 26.2 Å². The molecule has 9 heteroatoms. The molecule has 1 saturated heterocycles. The fourth-order valence-electron chi connectivity index (χ4n) is 2.59. The molecule has 0 radical (unpaired) electrons. The molecule has 26 heavy (non-hydrogen) atoms. The number of likely N-dealkylation sites (tertiary alicyclic amines) is 1. The minimum absolute atomic E-state index is 0.254. The standard InChI is InChI=1S/C17H27N3O5S/c1-5-23-16(22)20-8-6-12(19-15(21)25-17(2,3)4)13(10-20)24-11-14-18-7-9-26-14/h7,9,12-13H,5-6,8,10-11H2,1-4H3,(H,19,21). The first-order valence-corrected chi connectivity index (χ1v) is 9.57. The highest BCUT2D eigenvalue weighted by Crippen LogP contribution is 2.18. The molecule has 146 valence electrons. The molecule has 2 rings (SSSR count). The van der Waals surface area contributed by atoms with E-state index in [0.29, 0.717) is 32.7 Å². The summed E-state index contributed by atoms with van der Waals surface area (Å²) in [5.74, 6) is 0. The van der Waals surface area contributed by atoms with Crippen molar-refractivity contribution < 1.29 is 23.8 Å². The molecule has 0 aliphatic carbocycles.